The van der Waals surface area contributed by atoms with Gasteiger partial charge in [0.2, 0.25) is 0 Å². The maximum atomic E-state index is 11.0. The highest BCUT2D eigenvalue weighted by Gasteiger charge is 2.17. The standard InChI is InChI=1S/C14H20N2O3/c1-11-5-4-7-13(14(11)16(17)18)15-9-8-12-6-2-3-10-19-12/h4-5,7,12,15H,2-3,6,8-10H2,1H3. The molecular formula is C14H20N2O3. The van der Waals surface area contributed by atoms with Crippen LogP contribution in [0.5, 0.6) is 0 Å². The van der Waals surface area contributed by atoms with Crippen molar-refractivity contribution in [3.05, 3.63) is 33.9 Å². The molecule has 1 aromatic carbocycles. The Morgan fingerprint density at radius 1 is 1.47 bits per heavy atom. The fourth-order valence-electron chi connectivity index (χ4n) is 2.45. The molecule has 1 saturated heterocycles. The quantitative estimate of drug-likeness (QED) is 0.654. The van der Waals surface area contributed by atoms with E-state index in [9.17, 15) is 10.1 Å². The van der Waals surface area contributed by atoms with Gasteiger partial charge in [-0.2, -0.15) is 0 Å². The largest absolute Gasteiger partial charge is 0.379 e. The maximum Gasteiger partial charge on any atom is 0.295 e. The molecule has 1 heterocycles. The topological polar surface area (TPSA) is 64.4 Å². The van der Waals surface area contributed by atoms with Gasteiger partial charge in [-0.05, 0) is 38.7 Å². The zero-order valence-corrected chi connectivity index (χ0v) is 11.2. The number of nitrogens with one attached hydrogen (secondary N) is 1. The van der Waals surface area contributed by atoms with Gasteiger partial charge in [-0.1, -0.05) is 12.1 Å². The van der Waals surface area contributed by atoms with E-state index >= 15 is 0 Å². The van der Waals surface area contributed by atoms with Crippen LogP contribution in [0.15, 0.2) is 18.2 Å². The number of nitro benzene ring substituents is 1. The summed E-state index contributed by atoms with van der Waals surface area (Å²) in [6.07, 6.45) is 4.65. The molecule has 0 saturated carbocycles. The van der Waals surface area contributed by atoms with Gasteiger partial charge in [0.05, 0.1) is 11.0 Å². The van der Waals surface area contributed by atoms with E-state index < -0.39 is 0 Å². The van der Waals surface area contributed by atoms with Gasteiger partial charge < -0.3 is 10.1 Å². The molecule has 0 aliphatic carbocycles. The number of anilines is 1. The van der Waals surface area contributed by atoms with Gasteiger partial charge in [-0.25, -0.2) is 0 Å². The third-order valence-corrected chi connectivity index (χ3v) is 3.48. The molecule has 0 spiro atoms. The fourth-order valence-corrected chi connectivity index (χ4v) is 2.45. The summed E-state index contributed by atoms with van der Waals surface area (Å²) in [6, 6.07) is 5.35. The predicted molar refractivity (Wildman–Crippen MR) is 74.5 cm³/mol. The van der Waals surface area contributed by atoms with Crippen molar-refractivity contribution in [2.75, 3.05) is 18.5 Å². The molecule has 1 aliphatic heterocycles. The second-order valence-corrected chi connectivity index (χ2v) is 4.93. The molecule has 1 atom stereocenters. The number of nitrogens with zero attached hydrogens (tertiary/aromatic N) is 1. The van der Waals surface area contributed by atoms with Crippen LogP contribution in [0.4, 0.5) is 11.4 Å². The van der Waals surface area contributed by atoms with Crippen LogP contribution in [0.1, 0.15) is 31.2 Å². The number of aryl methyl sites for hydroxylation is 1. The van der Waals surface area contributed by atoms with Gasteiger partial charge in [0.1, 0.15) is 5.69 Å². The smallest absolute Gasteiger partial charge is 0.295 e. The van der Waals surface area contributed by atoms with Gasteiger partial charge in [0, 0.05) is 18.7 Å². The Morgan fingerprint density at radius 2 is 2.32 bits per heavy atom. The van der Waals surface area contributed by atoms with Crippen molar-refractivity contribution in [2.45, 2.75) is 38.7 Å². The van der Waals surface area contributed by atoms with Crippen LogP contribution in [-0.2, 0) is 4.74 Å². The van der Waals surface area contributed by atoms with Crippen molar-refractivity contribution >= 4 is 11.4 Å². The molecular weight excluding hydrogens is 244 g/mol. The van der Waals surface area contributed by atoms with Crippen LogP contribution in [0.3, 0.4) is 0 Å². The lowest BCUT2D eigenvalue weighted by Gasteiger charge is -2.22. The second-order valence-electron chi connectivity index (χ2n) is 4.93. The summed E-state index contributed by atoms with van der Waals surface area (Å²) in [5.74, 6) is 0. The van der Waals surface area contributed by atoms with E-state index in [1.807, 2.05) is 6.07 Å². The predicted octanol–water partition coefficient (Wildman–Crippen LogP) is 3.27. The lowest BCUT2D eigenvalue weighted by molar-refractivity contribution is -0.384. The molecule has 5 nitrogen and oxygen atoms in total. The highest BCUT2D eigenvalue weighted by Crippen LogP contribution is 2.28. The molecule has 1 unspecified atom stereocenters. The molecule has 1 aliphatic rings. The van der Waals surface area contributed by atoms with E-state index in [0.29, 0.717) is 23.9 Å². The number of nitro groups is 1. The molecule has 104 valence electrons. The van der Waals surface area contributed by atoms with Crippen molar-refractivity contribution in [1.82, 2.24) is 0 Å². The number of benzene rings is 1. The van der Waals surface area contributed by atoms with Gasteiger partial charge in [-0.3, -0.25) is 10.1 Å². The molecule has 0 bridgehead atoms. The van der Waals surface area contributed by atoms with E-state index in [4.69, 9.17) is 4.74 Å². The summed E-state index contributed by atoms with van der Waals surface area (Å²) in [6.45, 7) is 3.30. The van der Waals surface area contributed by atoms with E-state index in [2.05, 4.69) is 5.32 Å². The number of para-hydroxylation sites is 1. The summed E-state index contributed by atoms with van der Waals surface area (Å²) >= 11 is 0. The monoisotopic (exact) mass is 264 g/mol. The van der Waals surface area contributed by atoms with Gasteiger partial charge in [0.25, 0.3) is 5.69 Å². The van der Waals surface area contributed by atoms with Crippen molar-refractivity contribution < 1.29 is 9.66 Å². The SMILES string of the molecule is Cc1cccc(NCCC2CCCCO2)c1[N+](=O)[O-]. The Kier molecular flexibility index (Phi) is 4.74. The molecule has 19 heavy (non-hydrogen) atoms. The molecule has 1 fully saturated rings. The Hall–Kier alpha value is -1.62. The third kappa shape index (κ3) is 3.67. The third-order valence-electron chi connectivity index (χ3n) is 3.48. The first-order chi connectivity index (χ1) is 9.18. The second kappa shape index (κ2) is 6.52. The number of hydrogen-bond acceptors (Lipinski definition) is 4. The zero-order chi connectivity index (χ0) is 13.7. The van der Waals surface area contributed by atoms with Crippen molar-refractivity contribution in [3.63, 3.8) is 0 Å². The number of hydrogen-bond donors (Lipinski definition) is 1. The van der Waals surface area contributed by atoms with E-state index in [-0.39, 0.29) is 10.6 Å². The summed E-state index contributed by atoms with van der Waals surface area (Å²) in [5.41, 5.74) is 1.46. The summed E-state index contributed by atoms with van der Waals surface area (Å²) in [5, 5.41) is 14.2. The highest BCUT2D eigenvalue weighted by molar-refractivity contribution is 5.64. The lowest BCUT2D eigenvalue weighted by Crippen LogP contribution is -2.22. The first-order valence-electron chi connectivity index (χ1n) is 6.78. The van der Waals surface area contributed by atoms with Crippen LogP contribution in [-0.4, -0.2) is 24.2 Å². The minimum absolute atomic E-state index is 0.173. The van der Waals surface area contributed by atoms with Gasteiger partial charge >= 0.3 is 0 Å². The Bertz CT molecular complexity index is 442. The van der Waals surface area contributed by atoms with Gasteiger partial charge in [-0.15, -0.1) is 0 Å². The number of rotatable bonds is 5. The normalized spacial score (nSPS) is 19.1. The van der Waals surface area contributed by atoms with E-state index in [0.717, 1.165) is 25.9 Å². The molecule has 0 radical (unpaired) electrons. The van der Waals surface area contributed by atoms with E-state index in [1.165, 1.54) is 6.42 Å². The van der Waals surface area contributed by atoms with Crippen LogP contribution in [0.25, 0.3) is 0 Å². The Labute approximate surface area is 113 Å². The Balaban J connectivity index is 1.92. The van der Waals surface area contributed by atoms with Crippen LogP contribution < -0.4 is 5.32 Å². The lowest BCUT2D eigenvalue weighted by atomic mass is 10.1. The molecule has 0 aromatic heterocycles. The van der Waals surface area contributed by atoms with Crippen LogP contribution in [0, 0.1) is 17.0 Å². The van der Waals surface area contributed by atoms with Crippen LogP contribution >= 0.6 is 0 Å². The maximum absolute atomic E-state index is 11.0. The van der Waals surface area contributed by atoms with Crippen LogP contribution in [0.2, 0.25) is 0 Å². The average Bonchev–Trinajstić information content (AvgIpc) is 2.39. The minimum Gasteiger partial charge on any atom is -0.379 e. The van der Waals surface area contributed by atoms with Crippen molar-refractivity contribution in [2.24, 2.45) is 0 Å². The minimum atomic E-state index is -0.325. The molecule has 1 aromatic rings. The molecule has 0 amide bonds. The van der Waals surface area contributed by atoms with Crippen molar-refractivity contribution in [1.29, 1.82) is 0 Å². The first-order valence-corrected chi connectivity index (χ1v) is 6.78. The number of ether oxygens (including phenoxy) is 1. The van der Waals surface area contributed by atoms with Gasteiger partial charge in [0.15, 0.2) is 0 Å². The molecule has 2 rings (SSSR count). The highest BCUT2D eigenvalue weighted by atomic mass is 16.6. The summed E-state index contributed by atoms with van der Waals surface area (Å²) < 4.78 is 5.64. The fraction of sp³-hybridized carbons (Fsp3) is 0.571. The van der Waals surface area contributed by atoms with Crippen molar-refractivity contribution in [3.8, 4) is 0 Å². The molecule has 5 heteroatoms. The average molecular weight is 264 g/mol. The molecule has 1 N–H and O–H groups in total. The summed E-state index contributed by atoms with van der Waals surface area (Å²) in [7, 11) is 0. The Morgan fingerprint density at radius 3 is 3.00 bits per heavy atom. The summed E-state index contributed by atoms with van der Waals surface area (Å²) in [4.78, 5) is 10.7. The van der Waals surface area contributed by atoms with E-state index in [1.54, 1.807) is 19.1 Å². The first kappa shape index (κ1) is 13.8. The zero-order valence-electron chi connectivity index (χ0n) is 11.2.